The van der Waals surface area contributed by atoms with Gasteiger partial charge in [-0.15, -0.1) is 34.2 Å². The smallest absolute Gasteiger partial charge is 0.225 e. The summed E-state index contributed by atoms with van der Waals surface area (Å²) in [6, 6.07) is 0.250. The van der Waals surface area contributed by atoms with E-state index < -0.39 is 0 Å². The molecular formula is C20H36IN7O. The molecule has 1 atom stereocenters. The molecule has 0 bridgehead atoms. The van der Waals surface area contributed by atoms with Gasteiger partial charge in [-0.25, -0.2) is 4.99 Å². The molecule has 1 aliphatic heterocycles. The second-order valence-corrected chi connectivity index (χ2v) is 8.06. The number of amides is 1. The van der Waals surface area contributed by atoms with Crippen LogP contribution in [0.3, 0.4) is 0 Å². The van der Waals surface area contributed by atoms with Crippen LogP contribution in [-0.2, 0) is 18.4 Å². The Morgan fingerprint density at radius 3 is 2.66 bits per heavy atom. The first-order chi connectivity index (χ1) is 13.6. The number of hydrogen-bond donors (Lipinski definition) is 2. The number of hydrogen-bond acceptors (Lipinski definition) is 4. The van der Waals surface area contributed by atoms with E-state index in [1.54, 1.807) is 0 Å². The molecule has 2 aliphatic rings. The van der Waals surface area contributed by atoms with Crippen molar-refractivity contribution < 1.29 is 4.79 Å². The average molecular weight is 517 g/mol. The van der Waals surface area contributed by atoms with Gasteiger partial charge in [-0.05, 0) is 32.6 Å². The number of carbonyl (C=O) groups is 1. The largest absolute Gasteiger partial charge is 0.356 e. The Kier molecular flexibility index (Phi) is 9.64. The van der Waals surface area contributed by atoms with Crippen LogP contribution in [0.4, 0.5) is 0 Å². The van der Waals surface area contributed by atoms with Crippen LogP contribution in [0.2, 0.25) is 0 Å². The Morgan fingerprint density at radius 2 is 2.00 bits per heavy atom. The first-order valence-corrected chi connectivity index (χ1v) is 10.8. The molecule has 8 nitrogen and oxygen atoms in total. The number of aryl methyl sites for hydroxylation is 1. The number of likely N-dealkylation sites (tertiary alicyclic amines) is 1. The van der Waals surface area contributed by atoms with E-state index >= 15 is 0 Å². The van der Waals surface area contributed by atoms with E-state index in [2.05, 4.69) is 27.8 Å². The maximum absolute atomic E-state index is 12.7. The van der Waals surface area contributed by atoms with Gasteiger partial charge in [-0.3, -0.25) is 4.79 Å². The number of carbonyl (C=O) groups excluding carboxylic acids is 1. The molecule has 2 heterocycles. The van der Waals surface area contributed by atoms with Crippen molar-refractivity contribution in [2.24, 2.45) is 18.0 Å². The van der Waals surface area contributed by atoms with Crippen molar-refractivity contribution in [1.82, 2.24) is 30.3 Å². The highest BCUT2D eigenvalue weighted by molar-refractivity contribution is 14.0. The zero-order valence-corrected chi connectivity index (χ0v) is 20.3. The summed E-state index contributed by atoms with van der Waals surface area (Å²) in [4.78, 5) is 19.4. The molecule has 164 valence electrons. The van der Waals surface area contributed by atoms with Gasteiger partial charge in [0.05, 0.1) is 0 Å². The third-order valence-electron chi connectivity index (χ3n) is 5.93. The van der Waals surface area contributed by atoms with Gasteiger partial charge in [-0.2, -0.15) is 0 Å². The number of guanidine groups is 1. The van der Waals surface area contributed by atoms with Gasteiger partial charge in [0.1, 0.15) is 12.4 Å². The first kappa shape index (κ1) is 23.9. The van der Waals surface area contributed by atoms with Crippen LogP contribution in [0.25, 0.3) is 0 Å². The van der Waals surface area contributed by atoms with Gasteiger partial charge in [0.25, 0.3) is 0 Å². The minimum atomic E-state index is 0. The van der Waals surface area contributed by atoms with E-state index in [4.69, 9.17) is 4.99 Å². The topological polar surface area (TPSA) is 87.4 Å². The Balaban J connectivity index is 0.00000300. The van der Waals surface area contributed by atoms with Crippen LogP contribution in [0, 0.1) is 12.8 Å². The van der Waals surface area contributed by atoms with Crippen LogP contribution in [-0.4, -0.2) is 57.2 Å². The molecule has 0 spiro atoms. The van der Waals surface area contributed by atoms with Gasteiger partial charge in [0.15, 0.2) is 11.8 Å². The van der Waals surface area contributed by atoms with Crippen LogP contribution in [0.5, 0.6) is 0 Å². The van der Waals surface area contributed by atoms with Crippen molar-refractivity contribution in [3.8, 4) is 0 Å². The lowest BCUT2D eigenvalue weighted by atomic mass is 10.1. The zero-order valence-electron chi connectivity index (χ0n) is 18.0. The van der Waals surface area contributed by atoms with Gasteiger partial charge >= 0.3 is 0 Å². The number of unbranched alkanes of at least 4 members (excludes halogenated alkanes) is 1. The molecule has 1 saturated heterocycles. The number of aliphatic imine (C=N–C) groups is 1. The second-order valence-electron chi connectivity index (χ2n) is 8.06. The Morgan fingerprint density at radius 1 is 1.24 bits per heavy atom. The quantitative estimate of drug-likeness (QED) is 0.251. The zero-order chi connectivity index (χ0) is 19.9. The molecule has 1 aliphatic carbocycles. The molecule has 29 heavy (non-hydrogen) atoms. The van der Waals surface area contributed by atoms with Crippen molar-refractivity contribution >= 4 is 35.8 Å². The average Bonchev–Trinajstić information content (AvgIpc) is 3.43. The summed E-state index contributed by atoms with van der Waals surface area (Å²) >= 11 is 0. The number of nitrogens with zero attached hydrogens (tertiary/aromatic N) is 5. The van der Waals surface area contributed by atoms with E-state index in [0.717, 1.165) is 69.3 Å². The number of nitrogens with one attached hydrogen (secondary N) is 2. The fourth-order valence-electron chi connectivity index (χ4n) is 3.98. The maximum atomic E-state index is 12.7. The predicted molar refractivity (Wildman–Crippen MR) is 125 cm³/mol. The summed E-state index contributed by atoms with van der Waals surface area (Å²) in [7, 11) is 1.96. The van der Waals surface area contributed by atoms with Crippen LogP contribution in [0.15, 0.2) is 4.99 Å². The molecule has 0 radical (unpaired) electrons. The van der Waals surface area contributed by atoms with Gasteiger partial charge in [0.2, 0.25) is 5.91 Å². The SMILES string of the molecule is CCCCNC(=NCc1nnc(C)n1C)NC1CCN(C(=O)C2CCCC2)C1.I. The number of halogens is 1. The summed E-state index contributed by atoms with van der Waals surface area (Å²) in [6.45, 7) is 7.10. The van der Waals surface area contributed by atoms with Crippen LogP contribution >= 0.6 is 24.0 Å². The van der Waals surface area contributed by atoms with Gasteiger partial charge in [-0.1, -0.05) is 26.2 Å². The fraction of sp³-hybridized carbons (Fsp3) is 0.800. The lowest BCUT2D eigenvalue weighted by molar-refractivity contribution is -0.134. The van der Waals surface area contributed by atoms with E-state index in [0.29, 0.717) is 12.5 Å². The Hall–Kier alpha value is -1.39. The third-order valence-corrected chi connectivity index (χ3v) is 5.93. The molecule has 1 unspecified atom stereocenters. The van der Waals surface area contributed by atoms with E-state index in [9.17, 15) is 4.79 Å². The fourth-order valence-corrected chi connectivity index (χ4v) is 3.98. The van der Waals surface area contributed by atoms with Crippen molar-refractivity contribution in [2.75, 3.05) is 19.6 Å². The van der Waals surface area contributed by atoms with Gasteiger partial charge in [0, 0.05) is 38.6 Å². The van der Waals surface area contributed by atoms with E-state index in [-0.39, 0.29) is 35.9 Å². The summed E-state index contributed by atoms with van der Waals surface area (Å²) < 4.78 is 1.96. The molecule has 1 aromatic heterocycles. The summed E-state index contributed by atoms with van der Waals surface area (Å²) in [5.74, 6) is 3.14. The van der Waals surface area contributed by atoms with Crippen LogP contribution in [0.1, 0.15) is 63.5 Å². The van der Waals surface area contributed by atoms with Crippen molar-refractivity contribution in [3.63, 3.8) is 0 Å². The second kappa shape index (κ2) is 11.7. The Bertz CT molecular complexity index is 684. The molecule has 1 saturated carbocycles. The van der Waals surface area contributed by atoms with Crippen molar-refractivity contribution in [1.29, 1.82) is 0 Å². The molecule has 9 heteroatoms. The number of aromatic nitrogens is 3. The maximum Gasteiger partial charge on any atom is 0.225 e. The predicted octanol–water partition coefficient (Wildman–Crippen LogP) is 2.37. The van der Waals surface area contributed by atoms with Crippen molar-refractivity contribution in [3.05, 3.63) is 11.6 Å². The molecule has 2 N–H and O–H groups in total. The highest BCUT2D eigenvalue weighted by Gasteiger charge is 2.32. The monoisotopic (exact) mass is 517 g/mol. The first-order valence-electron chi connectivity index (χ1n) is 10.8. The van der Waals surface area contributed by atoms with E-state index in [1.807, 2.05) is 23.4 Å². The molecular weight excluding hydrogens is 481 g/mol. The molecule has 0 aromatic carbocycles. The molecule has 1 amide bonds. The van der Waals surface area contributed by atoms with E-state index in [1.165, 1.54) is 12.8 Å². The standard InChI is InChI=1S/C20H35N7O.HI/c1-4-5-11-21-20(22-13-18-25-24-15(2)26(18)3)23-17-10-12-27(14-17)19(28)16-8-6-7-9-16;/h16-17H,4-14H2,1-3H3,(H2,21,22,23);1H. The molecule has 3 rings (SSSR count). The summed E-state index contributed by atoms with van der Waals surface area (Å²) in [5.41, 5.74) is 0. The Labute approximate surface area is 191 Å². The van der Waals surface area contributed by atoms with Crippen LogP contribution < -0.4 is 10.6 Å². The normalized spacial score (nSPS) is 20.0. The minimum absolute atomic E-state index is 0. The highest BCUT2D eigenvalue weighted by Crippen LogP contribution is 2.27. The summed E-state index contributed by atoms with van der Waals surface area (Å²) in [6.07, 6.45) is 7.73. The number of rotatable bonds is 7. The highest BCUT2D eigenvalue weighted by atomic mass is 127. The van der Waals surface area contributed by atoms with Gasteiger partial charge < -0.3 is 20.1 Å². The third kappa shape index (κ3) is 6.55. The lowest BCUT2D eigenvalue weighted by Crippen LogP contribution is -2.45. The lowest BCUT2D eigenvalue weighted by Gasteiger charge is -2.21. The van der Waals surface area contributed by atoms with Crippen molar-refractivity contribution in [2.45, 2.75) is 71.4 Å². The minimum Gasteiger partial charge on any atom is -0.356 e. The molecule has 2 fully saturated rings. The molecule has 1 aromatic rings. The summed E-state index contributed by atoms with van der Waals surface area (Å²) in [5, 5.41) is 15.2.